The van der Waals surface area contributed by atoms with E-state index in [2.05, 4.69) is 4.99 Å². The largest absolute Gasteiger partial charge is 0.504 e. The first-order valence-corrected chi connectivity index (χ1v) is 8.52. The Labute approximate surface area is 153 Å². The highest BCUT2D eigenvalue weighted by molar-refractivity contribution is 5.86. The molecule has 3 aromatic carbocycles. The fraction of sp³-hybridized carbons (Fsp3) is 0.136. The van der Waals surface area contributed by atoms with Gasteiger partial charge in [0.15, 0.2) is 11.5 Å². The van der Waals surface area contributed by atoms with Crippen molar-refractivity contribution in [2.75, 3.05) is 6.61 Å². The van der Waals surface area contributed by atoms with Gasteiger partial charge in [-0.2, -0.15) is 0 Å². The number of hydrogen-bond acceptors (Lipinski definition) is 4. The van der Waals surface area contributed by atoms with E-state index in [1.807, 2.05) is 67.6 Å². The molecule has 0 aliphatic heterocycles. The molecule has 26 heavy (non-hydrogen) atoms. The molecule has 0 amide bonds. The lowest BCUT2D eigenvalue weighted by molar-refractivity contribution is 0.306. The average Bonchev–Trinajstić information content (AvgIpc) is 2.69. The first-order chi connectivity index (χ1) is 12.8. The van der Waals surface area contributed by atoms with Crippen LogP contribution >= 0.6 is 0 Å². The molecule has 4 heteroatoms. The maximum atomic E-state index is 10.2. The van der Waals surface area contributed by atoms with Crippen molar-refractivity contribution in [3.05, 3.63) is 83.9 Å². The number of phenolic OH excluding ortho intramolecular Hbond substituents is 1. The molecule has 0 aliphatic rings. The molecule has 0 radical (unpaired) electrons. The number of rotatable bonds is 7. The summed E-state index contributed by atoms with van der Waals surface area (Å²) < 4.78 is 11.1. The molecular weight excluding hydrogens is 326 g/mol. The van der Waals surface area contributed by atoms with Crippen LogP contribution in [0.25, 0.3) is 0 Å². The van der Waals surface area contributed by atoms with Crippen molar-refractivity contribution in [1.29, 1.82) is 0 Å². The molecule has 0 saturated carbocycles. The van der Waals surface area contributed by atoms with Crippen molar-refractivity contribution in [3.63, 3.8) is 0 Å². The van der Waals surface area contributed by atoms with Crippen molar-refractivity contribution >= 4 is 11.9 Å². The van der Waals surface area contributed by atoms with Crippen LogP contribution in [0.4, 0.5) is 5.69 Å². The summed E-state index contributed by atoms with van der Waals surface area (Å²) in [5.41, 5.74) is 2.51. The molecule has 0 fully saturated rings. The number of para-hydroxylation sites is 1. The summed E-state index contributed by atoms with van der Waals surface area (Å²) in [6, 6.07) is 22.9. The molecule has 0 unspecified atom stereocenters. The van der Waals surface area contributed by atoms with Gasteiger partial charge in [0.2, 0.25) is 0 Å². The lowest BCUT2D eigenvalue weighted by Crippen LogP contribution is -1.94. The van der Waals surface area contributed by atoms with Crippen molar-refractivity contribution < 1.29 is 14.6 Å². The number of hydrogen-bond donors (Lipinski definition) is 1. The predicted molar refractivity (Wildman–Crippen MR) is 104 cm³/mol. The number of nitrogens with zero attached hydrogens (tertiary/aromatic N) is 1. The van der Waals surface area contributed by atoms with Crippen LogP contribution < -0.4 is 9.47 Å². The van der Waals surface area contributed by atoms with E-state index in [9.17, 15) is 5.11 Å². The molecule has 0 saturated heterocycles. The van der Waals surface area contributed by atoms with Gasteiger partial charge in [-0.1, -0.05) is 36.4 Å². The second kappa shape index (κ2) is 8.72. The third-order valence-electron chi connectivity index (χ3n) is 3.77. The highest BCUT2D eigenvalue weighted by Gasteiger charge is 2.05. The lowest BCUT2D eigenvalue weighted by Gasteiger charge is -2.07. The van der Waals surface area contributed by atoms with Crippen LogP contribution in [-0.2, 0) is 6.61 Å². The van der Waals surface area contributed by atoms with Crippen LogP contribution in [0.5, 0.6) is 17.2 Å². The van der Waals surface area contributed by atoms with Crippen molar-refractivity contribution in [3.8, 4) is 17.2 Å². The Balaban J connectivity index is 1.64. The second-order valence-electron chi connectivity index (χ2n) is 5.65. The molecule has 0 bridgehead atoms. The van der Waals surface area contributed by atoms with Gasteiger partial charge in [-0.05, 0) is 48.9 Å². The van der Waals surface area contributed by atoms with Crippen LogP contribution in [0, 0.1) is 0 Å². The number of aromatic hydroxyl groups is 1. The summed E-state index contributed by atoms with van der Waals surface area (Å²) in [4.78, 5) is 4.40. The van der Waals surface area contributed by atoms with E-state index in [1.165, 1.54) is 0 Å². The summed E-state index contributed by atoms with van der Waals surface area (Å²) in [6.45, 7) is 2.90. The standard InChI is InChI=1S/C22H21NO3/c1-2-25-21-10-6-9-18(22(21)24)15-23-19-11-13-20(14-12-19)26-16-17-7-4-3-5-8-17/h3-15,24H,2,16H2,1H3. The van der Waals surface area contributed by atoms with E-state index in [-0.39, 0.29) is 5.75 Å². The Morgan fingerprint density at radius 1 is 0.885 bits per heavy atom. The Kier molecular flexibility index (Phi) is 5.88. The van der Waals surface area contributed by atoms with Crippen LogP contribution in [0.3, 0.4) is 0 Å². The highest BCUT2D eigenvalue weighted by Crippen LogP contribution is 2.29. The van der Waals surface area contributed by atoms with Gasteiger partial charge in [0.05, 0.1) is 12.3 Å². The predicted octanol–water partition coefficient (Wildman–Crippen LogP) is 5.12. The summed E-state index contributed by atoms with van der Waals surface area (Å²) in [5, 5.41) is 10.2. The summed E-state index contributed by atoms with van der Waals surface area (Å²) in [7, 11) is 0. The molecule has 1 N–H and O–H groups in total. The first kappa shape index (κ1) is 17.5. The fourth-order valence-corrected chi connectivity index (χ4v) is 2.43. The monoisotopic (exact) mass is 347 g/mol. The molecule has 0 aliphatic carbocycles. The zero-order valence-corrected chi connectivity index (χ0v) is 14.6. The Morgan fingerprint density at radius 3 is 2.38 bits per heavy atom. The summed E-state index contributed by atoms with van der Waals surface area (Å²) in [5.74, 6) is 1.34. The maximum Gasteiger partial charge on any atom is 0.166 e. The Morgan fingerprint density at radius 2 is 1.65 bits per heavy atom. The maximum absolute atomic E-state index is 10.2. The van der Waals surface area contributed by atoms with Gasteiger partial charge in [-0.3, -0.25) is 4.99 Å². The van der Waals surface area contributed by atoms with Crippen LogP contribution in [0.1, 0.15) is 18.1 Å². The molecule has 0 atom stereocenters. The molecule has 132 valence electrons. The Bertz CT molecular complexity index is 858. The minimum Gasteiger partial charge on any atom is -0.504 e. The third kappa shape index (κ3) is 4.63. The van der Waals surface area contributed by atoms with E-state index >= 15 is 0 Å². The topological polar surface area (TPSA) is 51.0 Å². The number of aliphatic imine (C=N–C) groups is 1. The normalized spacial score (nSPS) is 10.8. The van der Waals surface area contributed by atoms with E-state index < -0.39 is 0 Å². The van der Waals surface area contributed by atoms with Gasteiger partial charge < -0.3 is 14.6 Å². The van der Waals surface area contributed by atoms with E-state index in [1.54, 1.807) is 18.3 Å². The second-order valence-corrected chi connectivity index (χ2v) is 5.65. The van der Waals surface area contributed by atoms with E-state index in [4.69, 9.17) is 9.47 Å². The minimum absolute atomic E-state index is 0.0981. The van der Waals surface area contributed by atoms with Crippen molar-refractivity contribution in [2.24, 2.45) is 4.99 Å². The van der Waals surface area contributed by atoms with Gasteiger partial charge in [-0.25, -0.2) is 0 Å². The summed E-state index contributed by atoms with van der Waals surface area (Å²) >= 11 is 0. The zero-order chi connectivity index (χ0) is 18.2. The average molecular weight is 347 g/mol. The van der Waals surface area contributed by atoms with E-state index in [0.717, 1.165) is 17.0 Å². The fourth-order valence-electron chi connectivity index (χ4n) is 2.43. The van der Waals surface area contributed by atoms with Crippen molar-refractivity contribution in [1.82, 2.24) is 0 Å². The van der Waals surface area contributed by atoms with Crippen LogP contribution in [0.2, 0.25) is 0 Å². The first-order valence-electron chi connectivity index (χ1n) is 8.52. The molecule has 0 heterocycles. The molecule has 0 aromatic heterocycles. The van der Waals surface area contributed by atoms with Gasteiger partial charge in [0.1, 0.15) is 12.4 Å². The Hall–Kier alpha value is -3.27. The minimum atomic E-state index is 0.0981. The van der Waals surface area contributed by atoms with Gasteiger partial charge in [-0.15, -0.1) is 0 Å². The summed E-state index contributed by atoms with van der Waals surface area (Å²) in [6.07, 6.45) is 1.62. The van der Waals surface area contributed by atoms with E-state index in [0.29, 0.717) is 24.5 Å². The smallest absolute Gasteiger partial charge is 0.166 e. The molecular formula is C22H21NO3. The number of benzene rings is 3. The molecule has 3 aromatic rings. The quantitative estimate of drug-likeness (QED) is 0.604. The van der Waals surface area contributed by atoms with Gasteiger partial charge in [0, 0.05) is 11.8 Å². The van der Waals surface area contributed by atoms with Gasteiger partial charge >= 0.3 is 0 Å². The third-order valence-corrected chi connectivity index (χ3v) is 3.77. The molecule has 4 nitrogen and oxygen atoms in total. The molecule has 3 rings (SSSR count). The lowest BCUT2D eigenvalue weighted by atomic mass is 10.2. The molecule has 0 spiro atoms. The van der Waals surface area contributed by atoms with Crippen LogP contribution in [-0.4, -0.2) is 17.9 Å². The SMILES string of the molecule is CCOc1cccc(C=Nc2ccc(OCc3ccccc3)cc2)c1O. The van der Waals surface area contributed by atoms with Crippen LogP contribution in [0.15, 0.2) is 77.8 Å². The van der Waals surface area contributed by atoms with Crippen molar-refractivity contribution in [2.45, 2.75) is 13.5 Å². The zero-order valence-electron chi connectivity index (χ0n) is 14.6. The number of ether oxygens (including phenoxy) is 2. The number of phenols is 1. The highest BCUT2D eigenvalue weighted by atomic mass is 16.5. The van der Waals surface area contributed by atoms with Gasteiger partial charge in [0.25, 0.3) is 0 Å².